The van der Waals surface area contributed by atoms with Crippen LogP contribution in [0.1, 0.15) is 53.8 Å². The van der Waals surface area contributed by atoms with E-state index < -0.39 is 0 Å². The number of ether oxygens (including phenoxy) is 3. The van der Waals surface area contributed by atoms with E-state index in [4.69, 9.17) is 18.7 Å². The Morgan fingerprint density at radius 1 is 1.21 bits per heavy atom. The Hall–Kier alpha value is -2.68. The maximum Gasteiger partial charge on any atom is 0.260 e. The normalized spacial score (nSPS) is 18.8. The summed E-state index contributed by atoms with van der Waals surface area (Å²) in [5.74, 6) is 2.26. The summed E-state index contributed by atoms with van der Waals surface area (Å²) in [6.07, 6.45) is 4.79. The molecule has 156 valence electrons. The molecule has 1 unspecified atom stereocenters. The molecule has 0 radical (unpaired) electrons. The van der Waals surface area contributed by atoms with Crippen LogP contribution in [0.5, 0.6) is 11.8 Å². The molecular weight excluding hydrogens is 376 g/mol. The van der Waals surface area contributed by atoms with Gasteiger partial charge in [-0.2, -0.15) is 9.97 Å². The Bertz CT molecular complexity index is 851. The van der Waals surface area contributed by atoms with Crippen molar-refractivity contribution in [1.29, 1.82) is 0 Å². The van der Waals surface area contributed by atoms with Gasteiger partial charge in [0, 0.05) is 25.6 Å². The number of rotatable bonds is 9. The summed E-state index contributed by atoms with van der Waals surface area (Å²) in [6, 6.07) is 3.06. The van der Waals surface area contributed by atoms with Crippen molar-refractivity contribution >= 4 is 5.91 Å². The van der Waals surface area contributed by atoms with E-state index in [0.717, 1.165) is 25.4 Å². The molecule has 1 aliphatic carbocycles. The van der Waals surface area contributed by atoms with Gasteiger partial charge in [0.05, 0.1) is 20.8 Å². The monoisotopic (exact) mass is 402 g/mol. The van der Waals surface area contributed by atoms with Crippen LogP contribution in [0.25, 0.3) is 0 Å². The van der Waals surface area contributed by atoms with Gasteiger partial charge in [-0.25, -0.2) is 0 Å². The maximum atomic E-state index is 13.2. The lowest BCUT2D eigenvalue weighted by Crippen LogP contribution is -2.31. The number of nitrogens with zero attached hydrogens (tertiary/aromatic N) is 4. The average molecular weight is 402 g/mol. The third-order valence-electron chi connectivity index (χ3n) is 5.27. The standard InChI is InChI=1S/C20H26N4O5/c1-26-17-8-7-14(18(22-17)27-2)20(25)24-10-3-4-15(24)19-21-16(23-29-19)9-11-28-12-13-5-6-13/h7-8,13,15H,3-6,9-12H2,1-2H3. The van der Waals surface area contributed by atoms with E-state index in [1.165, 1.54) is 27.1 Å². The second-order valence-corrected chi connectivity index (χ2v) is 7.38. The van der Waals surface area contributed by atoms with Gasteiger partial charge < -0.3 is 23.6 Å². The van der Waals surface area contributed by atoms with Gasteiger partial charge in [-0.1, -0.05) is 5.16 Å². The number of carbonyl (C=O) groups excluding carboxylic acids is 1. The first-order chi connectivity index (χ1) is 14.2. The predicted octanol–water partition coefficient (Wildman–Crippen LogP) is 2.43. The third-order valence-corrected chi connectivity index (χ3v) is 5.27. The number of hydrogen-bond acceptors (Lipinski definition) is 8. The Labute approximate surface area is 169 Å². The molecule has 0 spiro atoms. The van der Waals surface area contributed by atoms with Gasteiger partial charge in [0.2, 0.25) is 17.7 Å². The van der Waals surface area contributed by atoms with Gasteiger partial charge >= 0.3 is 0 Å². The molecule has 2 aliphatic rings. The summed E-state index contributed by atoms with van der Waals surface area (Å²) < 4.78 is 21.5. The van der Waals surface area contributed by atoms with Crippen molar-refractivity contribution in [1.82, 2.24) is 20.0 Å². The van der Waals surface area contributed by atoms with Crippen LogP contribution in [-0.2, 0) is 11.2 Å². The molecule has 1 saturated heterocycles. The number of likely N-dealkylation sites (tertiary alicyclic amines) is 1. The number of amides is 1. The molecule has 29 heavy (non-hydrogen) atoms. The highest BCUT2D eigenvalue weighted by Crippen LogP contribution is 2.34. The van der Waals surface area contributed by atoms with Gasteiger partial charge in [0.25, 0.3) is 5.91 Å². The van der Waals surface area contributed by atoms with Crippen LogP contribution in [0.3, 0.4) is 0 Å². The number of pyridine rings is 1. The lowest BCUT2D eigenvalue weighted by molar-refractivity contribution is 0.0705. The zero-order chi connectivity index (χ0) is 20.2. The second kappa shape index (κ2) is 8.77. The Kier molecular flexibility index (Phi) is 5.94. The lowest BCUT2D eigenvalue weighted by atomic mass is 10.2. The van der Waals surface area contributed by atoms with Gasteiger partial charge in [-0.3, -0.25) is 4.79 Å². The van der Waals surface area contributed by atoms with Crippen molar-refractivity contribution in [2.45, 2.75) is 38.1 Å². The summed E-state index contributed by atoms with van der Waals surface area (Å²) in [5.41, 5.74) is 0.383. The summed E-state index contributed by atoms with van der Waals surface area (Å²) in [6.45, 7) is 2.01. The van der Waals surface area contributed by atoms with Gasteiger partial charge in [-0.05, 0) is 37.7 Å². The van der Waals surface area contributed by atoms with Crippen LogP contribution in [0.2, 0.25) is 0 Å². The predicted molar refractivity (Wildman–Crippen MR) is 102 cm³/mol. The minimum Gasteiger partial charge on any atom is -0.481 e. The van der Waals surface area contributed by atoms with E-state index >= 15 is 0 Å². The van der Waals surface area contributed by atoms with Crippen molar-refractivity contribution in [3.63, 3.8) is 0 Å². The maximum absolute atomic E-state index is 13.2. The summed E-state index contributed by atoms with van der Waals surface area (Å²) in [4.78, 5) is 23.6. The zero-order valence-corrected chi connectivity index (χ0v) is 16.8. The number of aromatic nitrogens is 3. The van der Waals surface area contributed by atoms with E-state index in [1.807, 2.05) is 0 Å². The van der Waals surface area contributed by atoms with E-state index in [9.17, 15) is 4.79 Å². The van der Waals surface area contributed by atoms with Crippen LogP contribution in [0, 0.1) is 5.92 Å². The Morgan fingerprint density at radius 2 is 2.07 bits per heavy atom. The van der Waals surface area contributed by atoms with Crippen molar-refractivity contribution in [2.24, 2.45) is 5.92 Å². The highest BCUT2D eigenvalue weighted by atomic mass is 16.5. The van der Waals surface area contributed by atoms with E-state index in [0.29, 0.717) is 42.7 Å². The molecule has 2 aromatic rings. The molecule has 0 N–H and O–H groups in total. The second-order valence-electron chi connectivity index (χ2n) is 7.38. The summed E-state index contributed by atoms with van der Waals surface area (Å²) in [5, 5.41) is 4.06. The quantitative estimate of drug-likeness (QED) is 0.590. The van der Waals surface area contributed by atoms with Gasteiger partial charge in [-0.15, -0.1) is 0 Å². The first kappa shape index (κ1) is 19.6. The fourth-order valence-corrected chi connectivity index (χ4v) is 3.48. The third kappa shape index (κ3) is 4.50. The fraction of sp³-hybridized carbons (Fsp3) is 0.600. The number of methoxy groups -OCH3 is 2. The molecule has 3 heterocycles. The molecule has 1 amide bonds. The van der Waals surface area contributed by atoms with E-state index in [2.05, 4.69) is 15.1 Å². The number of carbonyl (C=O) groups is 1. The molecule has 0 bridgehead atoms. The van der Waals surface area contributed by atoms with Crippen molar-refractivity contribution < 1.29 is 23.5 Å². The highest BCUT2D eigenvalue weighted by molar-refractivity contribution is 5.96. The minimum atomic E-state index is -0.247. The fourth-order valence-electron chi connectivity index (χ4n) is 3.48. The topological polar surface area (TPSA) is 99.8 Å². The van der Waals surface area contributed by atoms with Crippen LogP contribution in [-0.4, -0.2) is 59.9 Å². The summed E-state index contributed by atoms with van der Waals surface area (Å²) in [7, 11) is 3.00. The van der Waals surface area contributed by atoms with E-state index in [-0.39, 0.29) is 17.8 Å². The Morgan fingerprint density at radius 3 is 2.83 bits per heavy atom. The molecule has 1 saturated carbocycles. The van der Waals surface area contributed by atoms with Crippen molar-refractivity contribution in [3.05, 3.63) is 29.4 Å². The Balaban J connectivity index is 1.42. The molecule has 0 aromatic carbocycles. The number of hydrogen-bond donors (Lipinski definition) is 0. The molecule has 2 fully saturated rings. The van der Waals surface area contributed by atoms with Gasteiger partial charge in [0.1, 0.15) is 11.6 Å². The highest BCUT2D eigenvalue weighted by Gasteiger charge is 2.36. The van der Waals surface area contributed by atoms with E-state index in [1.54, 1.807) is 17.0 Å². The van der Waals surface area contributed by atoms with Crippen LogP contribution in [0.4, 0.5) is 0 Å². The summed E-state index contributed by atoms with van der Waals surface area (Å²) >= 11 is 0. The minimum absolute atomic E-state index is 0.174. The van der Waals surface area contributed by atoms with Crippen LogP contribution in [0.15, 0.2) is 16.7 Å². The van der Waals surface area contributed by atoms with Gasteiger partial charge in [0.15, 0.2) is 5.82 Å². The molecule has 1 atom stereocenters. The van der Waals surface area contributed by atoms with Crippen LogP contribution >= 0.6 is 0 Å². The smallest absolute Gasteiger partial charge is 0.260 e. The molecule has 9 nitrogen and oxygen atoms in total. The molecular formula is C20H26N4O5. The van der Waals surface area contributed by atoms with Crippen molar-refractivity contribution in [3.8, 4) is 11.8 Å². The first-order valence-electron chi connectivity index (χ1n) is 9.99. The zero-order valence-electron chi connectivity index (χ0n) is 16.8. The largest absolute Gasteiger partial charge is 0.481 e. The van der Waals surface area contributed by atoms with Crippen molar-refractivity contribution in [2.75, 3.05) is 34.0 Å². The SMILES string of the molecule is COc1ccc(C(=O)N2CCCC2c2nc(CCOCC3CC3)no2)c(OC)n1. The molecule has 4 rings (SSSR count). The molecule has 9 heteroatoms. The average Bonchev–Trinajstić information content (AvgIpc) is 3.25. The lowest BCUT2D eigenvalue weighted by Gasteiger charge is -2.22. The van der Waals surface area contributed by atoms with Crippen LogP contribution < -0.4 is 9.47 Å². The molecule has 2 aromatic heterocycles. The first-order valence-corrected chi connectivity index (χ1v) is 9.99. The molecule has 1 aliphatic heterocycles.